The second-order valence-electron chi connectivity index (χ2n) is 13.3. The predicted octanol–water partition coefficient (Wildman–Crippen LogP) is 11.6. The zero-order valence-corrected chi connectivity index (χ0v) is 28.2. The highest BCUT2D eigenvalue weighted by Crippen LogP contribution is 2.37. The van der Waals surface area contributed by atoms with Crippen molar-refractivity contribution in [3.8, 4) is 0 Å². The molecule has 0 aromatic heterocycles. The first-order valence-electron chi connectivity index (χ1n) is 17.7. The van der Waals surface area contributed by atoms with Gasteiger partial charge in [0.25, 0.3) is 0 Å². The van der Waals surface area contributed by atoms with Crippen LogP contribution in [0.25, 0.3) is 0 Å². The topological polar surface area (TPSA) is 0 Å². The first-order chi connectivity index (χ1) is 24.3. The van der Waals surface area contributed by atoms with Gasteiger partial charge in [0.05, 0.1) is 0 Å². The molecule has 0 radical (unpaired) electrons. The van der Waals surface area contributed by atoms with Crippen molar-refractivity contribution >= 4 is 0 Å². The van der Waals surface area contributed by atoms with Crippen LogP contribution in [0.15, 0.2) is 188 Å². The van der Waals surface area contributed by atoms with E-state index in [2.05, 4.69) is 188 Å². The number of rotatable bonds is 13. The minimum atomic E-state index is 0.318. The summed E-state index contributed by atoms with van der Waals surface area (Å²) in [4.78, 5) is 0. The maximum Gasteiger partial charge on any atom is -0.00199 e. The van der Waals surface area contributed by atoms with Gasteiger partial charge in [-0.2, -0.15) is 0 Å². The van der Waals surface area contributed by atoms with Crippen LogP contribution >= 0.6 is 0 Å². The molecule has 7 aromatic rings. The lowest BCUT2D eigenvalue weighted by Gasteiger charge is -2.28. The molecule has 0 bridgehead atoms. The first-order valence-corrected chi connectivity index (χ1v) is 17.7. The molecule has 240 valence electrons. The van der Waals surface area contributed by atoms with Crippen LogP contribution < -0.4 is 0 Å². The fourth-order valence-electron chi connectivity index (χ4n) is 7.38. The molecule has 0 aliphatic carbocycles. The third-order valence-corrected chi connectivity index (χ3v) is 9.79. The second-order valence-corrected chi connectivity index (χ2v) is 13.3. The van der Waals surface area contributed by atoms with Crippen molar-refractivity contribution < 1.29 is 0 Å². The van der Waals surface area contributed by atoms with Crippen LogP contribution in [-0.4, -0.2) is 0 Å². The van der Waals surface area contributed by atoms with Crippen LogP contribution in [0.1, 0.15) is 67.1 Å². The summed E-state index contributed by atoms with van der Waals surface area (Å²) in [5.41, 5.74) is 15.6. The highest BCUT2D eigenvalue weighted by Gasteiger charge is 2.25. The Labute approximate surface area is 292 Å². The molecule has 0 nitrogen and oxygen atoms in total. The molecule has 0 saturated heterocycles. The van der Waals surface area contributed by atoms with Crippen LogP contribution in [0, 0.1) is 0 Å². The minimum absolute atomic E-state index is 0.318. The lowest BCUT2D eigenvalue weighted by molar-refractivity contribution is 0.669. The minimum Gasteiger partial charge on any atom is -0.0622 e. The van der Waals surface area contributed by atoms with Crippen LogP contribution in [0.5, 0.6) is 0 Å². The maximum absolute atomic E-state index is 2.62. The maximum atomic E-state index is 2.62. The molecule has 0 N–H and O–H groups in total. The molecule has 0 unspecified atom stereocenters. The van der Waals surface area contributed by atoms with E-state index in [0.29, 0.717) is 5.92 Å². The number of hydrogen-bond donors (Lipinski definition) is 0. The highest BCUT2D eigenvalue weighted by atomic mass is 14.3. The van der Waals surface area contributed by atoms with Gasteiger partial charge >= 0.3 is 0 Å². The van der Waals surface area contributed by atoms with E-state index in [1.165, 1.54) is 61.2 Å². The Morgan fingerprint density at radius 3 is 0.980 bits per heavy atom. The molecule has 0 aliphatic heterocycles. The average Bonchev–Trinajstić information content (AvgIpc) is 3.16. The van der Waals surface area contributed by atoms with E-state index in [4.69, 9.17) is 0 Å². The molecule has 0 spiro atoms. The van der Waals surface area contributed by atoms with E-state index in [9.17, 15) is 0 Å². The van der Waals surface area contributed by atoms with Crippen LogP contribution in [-0.2, 0) is 38.5 Å². The summed E-state index contributed by atoms with van der Waals surface area (Å²) in [5, 5.41) is 0. The van der Waals surface area contributed by atoms with Gasteiger partial charge in [-0.3, -0.25) is 0 Å². The lowest BCUT2D eigenvalue weighted by atomic mass is 9.76. The third-order valence-electron chi connectivity index (χ3n) is 9.79. The quantitative estimate of drug-likeness (QED) is 0.119. The van der Waals surface area contributed by atoms with Crippen molar-refractivity contribution in [3.05, 3.63) is 249 Å². The van der Waals surface area contributed by atoms with E-state index >= 15 is 0 Å². The fourth-order valence-corrected chi connectivity index (χ4v) is 7.38. The van der Waals surface area contributed by atoms with Crippen molar-refractivity contribution in [1.29, 1.82) is 0 Å². The molecule has 0 saturated carbocycles. The van der Waals surface area contributed by atoms with E-state index in [0.717, 1.165) is 38.5 Å². The molecular weight excluding hydrogens is 589 g/mol. The first kappa shape index (κ1) is 32.1. The standard InChI is InChI=1S/C49H44/c1-7-19-38(20-8-1)31-44(32-39-21-9-2-10-22-39)47-37-45(33-40-23-11-3-12-24-40)46(34-41-25-13-4-14-26-41)48(35-42-27-15-5-16-28-42)49(47)36-43-29-17-6-18-30-43/h1-30,37,44H,31-36H2. The van der Waals surface area contributed by atoms with Gasteiger partial charge in [-0.15, -0.1) is 0 Å². The monoisotopic (exact) mass is 632 g/mol. The summed E-state index contributed by atoms with van der Waals surface area (Å²) in [6.07, 6.45) is 5.62. The normalized spacial score (nSPS) is 11.1. The summed E-state index contributed by atoms with van der Waals surface area (Å²) < 4.78 is 0. The van der Waals surface area contributed by atoms with Gasteiger partial charge in [-0.1, -0.05) is 188 Å². The van der Waals surface area contributed by atoms with Gasteiger partial charge < -0.3 is 0 Å². The Hall–Kier alpha value is -5.46. The molecule has 0 heterocycles. The Morgan fingerprint density at radius 1 is 0.286 bits per heavy atom. The molecule has 0 fully saturated rings. The van der Waals surface area contributed by atoms with Gasteiger partial charge in [-0.05, 0) is 106 Å². The van der Waals surface area contributed by atoms with Crippen molar-refractivity contribution in [1.82, 2.24) is 0 Å². The van der Waals surface area contributed by atoms with Crippen molar-refractivity contribution in [3.63, 3.8) is 0 Å². The molecular formula is C49H44. The van der Waals surface area contributed by atoms with Gasteiger partial charge in [0.1, 0.15) is 0 Å². The Bertz CT molecular complexity index is 1970. The van der Waals surface area contributed by atoms with Crippen molar-refractivity contribution in [2.75, 3.05) is 0 Å². The summed E-state index contributed by atoms with van der Waals surface area (Å²) in [5.74, 6) is 0.318. The van der Waals surface area contributed by atoms with Crippen LogP contribution in [0.2, 0.25) is 0 Å². The van der Waals surface area contributed by atoms with Gasteiger partial charge in [0, 0.05) is 0 Å². The Kier molecular flexibility index (Phi) is 10.5. The smallest absolute Gasteiger partial charge is 0.00199 e. The largest absolute Gasteiger partial charge is 0.0622 e. The van der Waals surface area contributed by atoms with E-state index in [1.54, 1.807) is 0 Å². The van der Waals surface area contributed by atoms with Crippen LogP contribution in [0.3, 0.4) is 0 Å². The van der Waals surface area contributed by atoms with Crippen LogP contribution in [0.4, 0.5) is 0 Å². The zero-order valence-electron chi connectivity index (χ0n) is 28.2. The van der Waals surface area contributed by atoms with E-state index in [-0.39, 0.29) is 0 Å². The number of hydrogen-bond acceptors (Lipinski definition) is 0. The third kappa shape index (κ3) is 8.53. The average molecular weight is 633 g/mol. The fraction of sp³-hybridized carbons (Fsp3) is 0.143. The summed E-state index contributed by atoms with van der Waals surface area (Å²) in [6, 6.07) is 69.1. The molecule has 7 rings (SSSR count). The zero-order chi connectivity index (χ0) is 33.1. The van der Waals surface area contributed by atoms with Gasteiger partial charge in [-0.25, -0.2) is 0 Å². The van der Waals surface area contributed by atoms with E-state index in [1.807, 2.05) is 0 Å². The molecule has 0 amide bonds. The SMILES string of the molecule is c1ccc(Cc2cc(C(Cc3ccccc3)Cc3ccccc3)c(Cc3ccccc3)c(Cc3ccccc3)c2Cc2ccccc2)cc1. The lowest BCUT2D eigenvalue weighted by Crippen LogP contribution is -2.16. The van der Waals surface area contributed by atoms with Crippen molar-refractivity contribution in [2.45, 2.75) is 44.4 Å². The Balaban J connectivity index is 1.49. The van der Waals surface area contributed by atoms with Crippen molar-refractivity contribution in [2.24, 2.45) is 0 Å². The highest BCUT2D eigenvalue weighted by molar-refractivity contribution is 5.54. The molecule has 0 aliphatic rings. The predicted molar refractivity (Wildman–Crippen MR) is 206 cm³/mol. The molecule has 0 atom stereocenters. The Morgan fingerprint density at radius 2 is 0.592 bits per heavy atom. The van der Waals surface area contributed by atoms with Gasteiger partial charge in [0.2, 0.25) is 0 Å². The molecule has 49 heavy (non-hydrogen) atoms. The van der Waals surface area contributed by atoms with E-state index < -0.39 is 0 Å². The summed E-state index contributed by atoms with van der Waals surface area (Å²) in [7, 11) is 0. The number of benzene rings is 7. The molecule has 7 aromatic carbocycles. The summed E-state index contributed by atoms with van der Waals surface area (Å²) in [6.45, 7) is 0. The summed E-state index contributed by atoms with van der Waals surface area (Å²) >= 11 is 0. The second kappa shape index (κ2) is 16.1. The van der Waals surface area contributed by atoms with Gasteiger partial charge in [0.15, 0.2) is 0 Å². The molecule has 0 heteroatoms.